The molecule has 0 heterocycles. The van der Waals surface area contributed by atoms with Gasteiger partial charge in [-0.15, -0.1) is 19.6 Å². The fourth-order valence-electron chi connectivity index (χ4n) is 1.71. The van der Waals surface area contributed by atoms with Gasteiger partial charge in [0.25, 0.3) is 0 Å². The van der Waals surface area contributed by atoms with E-state index in [1.807, 2.05) is 6.92 Å². The third-order valence-corrected chi connectivity index (χ3v) is 2.42. The summed E-state index contributed by atoms with van der Waals surface area (Å²) in [4.78, 5) is 2.06. The monoisotopic (exact) mass is 271 g/mol. The van der Waals surface area contributed by atoms with Gasteiger partial charge < -0.3 is 4.74 Å². The number of halogens is 3. The molecular weight excluding hydrogens is 255 g/mol. The molecule has 0 spiro atoms. The highest BCUT2D eigenvalue weighted by molar-refractivity contribution is 5.27. The lowest BCUT2D eigenvalue weighted by Crippen LogP contribution is -2.24. The van der Waals surface area contributed by atoms with E-state index in [0.717, 1.165) is 18.5 Å². The zero-order chi connectivity index (χ0) is 14.3. The van der Waals surface area contributed by atoms with Gasteiger partial charge in [-0.05, 0) is 30.7 Å². The molecule has 1 rings (SSSR count). The van der Waals surface area contributed by atoms with Gasteiger partial charge in [0, 0.05) is 6.54 Å². The Balaban J connectivity index is 2.63. The topological polar surface area (TPSA) is 12.5 Å². The molecule has 1 aromatic rings. The number of terminal acetylenes is 1. The standard InChI is InChI=1S/C14H16F3NO/c1-3-9-18(10-4-2)11-12-5-7-13(8-6-12)19-14(15,16)17/h1,5-8H,4,9-11H2,2H3. The van der Waals surface area contributed by atoms with Crippen LogP contribution in [0, 0.1) is 12.3 Å². The molecule has 0 fully saturated rings. The number of benzene rings is 1. The van der Waals surface area contributed by atoms with Crippen molar-refractivity contribution in [1.82, 2.24) is 4.90 Å². The molecule has 0 atom stereocenters. The first-order chi connectivity index (χ1) is 8.94. The number of hydrogen-bond donors (Lipinski definition) is 0. The normalized spacial score (nSPS) is 11.4. The minimum atomic E-state index is -4.65. The van der Waals surface area contributed by atoms with Crippen molar-refractivity contribution < 1.29 is 17.9 Å². The van der Waals surface area contributed by atoms with Crippen molar-refractivity contribution in [3.8, 4) is 18.1 Å². The summed E-state index contributed by atoms with van der Waals surface area (Å²) in [6.45, 7) is 4.04. The van der Waals surface area contributed by atoms with E-state index in [1.165, 1.54) is 12.1 Å². The van der Waals surface area contributed by atoms with Crippen LogP contribution in [-0.2, 0) is 6.54 Å². The fraction of sp³-hybridized carbons (Fsp3) is 0.429. The lowest BCUT2D eigenvalue weighted by molar-refractivity contribution is -0.274. The Kier molecular flexibility index (Phi) is 5.71. The highest BCUT2D eigenvalue weighted by Crippen LogP contribution is 2.23. The van der Waals surface area contributed by atoms with Crippen LogP contribution in [0.3, 0.4) is 0 Å². The zero-order valence-corrected chi connectivity index (χ0v) is 10.7. The van der Waals surface area contributed by atoms with Gasteiger partial charge in [-0.25, -0.2) is 0 Å². The van der Waals surface area contributed by atoms with Crippen LogP contribution in [0.5, 0.6) is 5.75 Å². The van der Waals surface area contributed by atoms with Crippen LogP contribution in [0.2, 0.25) is 0 Å². The third kappa shape index (κ3) is 6.16. The second-order valence-electron chi connectivity index (χ2n) is 4.11. The molecule has 19 heavy (non-hydrogen) atoms. The van der Waals surface area contributed by atoms with E-state index in [9.17, 15) is 13.2 Å². The minimum Gasteiger partial charge on any atom is -0.406 e. The highest BCUT2D eigenvalue weighted by atomic mass is 19.4. The smallest absolute Gasteiger partial charge is 0.406 e. The zero-order valence-electron chi connectivity index (χ0n) is 10.7. The highest BCUT2D eigenvalue weighted by Gasteiger charge is 2.30. The molecule has 0 radical (unpaired) electrons. The molecule has 0 aromatic heterocycles. The molecule has 0 aliphatic rings. The predicted octanol–water partition coefficient (Wildman–Crippen LogP) is 3.43. The van der Waals surface area contributed by atoms with Crippen LogP contribution in [0.15, 0.2) is 24.3 Å². The van der Waals surface area contributed by atoms with E-state index >= 15 is 0 Å². The quantitative estimate of drug-likeness (QED) is 0.735. The Labute approximate surface area is 111 Å². The van der Waals surface area contributed by atoms with E-state index in [4.69, 9.17) is 6.42 Å². The summed E-state index contributed by atoms with van der Waals surface area (Å²) >= 11 is 0. The average molecular weight is 271 g/mol. The predicted molar refractivity (Wildman–Crippen MR) is 67.5 cm³/mol. The van der Waals surface area contributed by atoms with Gasteiger partial charge >= 0.3 is 6.36 Å². The maximum Gasteiger partial charge on any atom is 0.573 e. The van der Waals surface area contributed by atoms with Crippen molar-refractivity contribution in [2.24, 2.45) is 0 Å². The first-order valence-corrected chi connectivity index (χ1v) is 5.95. The second kappa shape index (κ2) is 7.05. The lowest BCUT2D eigenvalue weighted by atomic mass is 10.2. The molecule has 0 aliphatic carbocycles. The molecule has 0 saturated heterocycles. The van der Waals surface area contributed by atoms with Crippen LogP contribution in [-0.4, -0.2) is 24.4 Å². The third-order valence-electron chi connectivity index (χ3n) is 2.42. The number of hydrogen-bond acceptors (Lipinski definition) is 2. The first-order valence-electron chi connectivity index (χ1n) is 5.95. The Bertz CT molecular complexity index is 420. The van der Waals surface area contributed by atoms with Crippen LogP contribution in [0.1, 0.15) is 18.9 Å². The number of ether oxygens (including phenoxy) is 1. The summed E-state index contributed by atoms with van der Waals surface area (Å²) in [5, 5.41) is 0. The molecule has 2 nitrogen and oxygen atoms in total. The van der Waals surface area contributed by atoms with Gasteiger partial charge in [-0.2, -0.15) is 0 Å². The maximum absolute atomic E-state index is 12.0. The molecule has 0 unspecified atom stereocenters. The summed E-state index contributed by atoms with van der Waals surface area (Å²) in [7, 11) is 0. The summed E-state index contributed by atoms with van der Waals surface area (Å²) < 4.78 is 39.8. The van der Waals surface area contributed by atoms with E-state index < -0.39 is 6.36 Å². The van der Waals surface area contributed by atoms with Crippen molar-refractivity contribution in [2.75, 3.05) is 13.1 Å². The van der Waals surface area contributed by atoms with Crippen LogP contribution < -0.4 is 4.74 Å². The van der Waals surface area contributed by atoms with Gasteiger partial charge in [0.15, 0.2) is 0 Å². The largest absolute Gasteiger partial charge is 0.573 e. The number of rotatable bonds is 6. The van der Waals surface area contributed by atoms with Gasteiger partial charge in [0.05, 0.1) is 6.54 Å². The molecule has 0 saturated carbocycles. The van der Waals surface area contributed by atoms with E-state index in [1.54, 1.807) is 12.1 Å². The number of nitrogens with zero attached hydrogens (tertiary/aromatic N) is 1. The summed E-state index contributed by atoms with van der Waals surface area (Å²) in [6.07, 6.45) is 1.59. The van der Waals surface area contributed by atoms with E-state index in [2.05, 4.69) is 15.6 Å². The molecule has 0 N–H and O–H groups in total. The summed E-state index contributed by atoms with van der Waals surface area (Å²) in [6, 6.07) is 5.84. The molecule has 0 amide bonds. The Morgan fingerprint density at radius 2 is 1.89 bits per heavy atom. The molecule has 5 heteroatoms. The molecule has 0 bridgehead atoms. The Morgan fingerprint density at radius 1 is 1.26 bits per heavy atom. The van der Waals surface area contributed by atoms with E-state index in [0.29, 0.717) is 13.1 Å². The minimum absolute atomic E-state index is 0.213. The average Bonchev–Trinajstić information content (AvgIpc) is 2.30. The van der Waals surface area contributed by atoms with Gasteiger partial charge in [0.1, 0.15) is 5.75 Å². The van der Waals surface area contributed by atoms with Gasteiger partial charge in [0.2, 0.25) is 0 Å². The first kappa shape index (κ1) is 15.4. The van der Waals surface area contributed by atoms with Crippen molar-refractivity contribution in [1.29, 1.82) is 0 Å². The van der Waals surface area contributed by atoms with Crippen molar-refractivity contribution >= 4 is 0 Å². The van der Waals surface area contributed by atoms with Crippen LogP contribution in [0.25, 0.3) is 0 Å². The lowest BCUT2D eigenvalue weighted by Gasteiger charge is -2.19. The molecule has 1 aromatic carbocycles. The van der Waals surface area contributed by atoms with Gasteiger partial charge in [-0.3, -0.25) is 4.90 Å². The SMILES string of the molecule is C#CCN(CCC)Cc1ccc(OC(F)(F)F)cc1. The second-order valence-corrected chi connectivity index (χ2v) is 4.11. The van der Waals surface area contributed by atoms with Crippen molar-refractivity contribution in [3.63, 3.8) is 0 Å². The summed E-state index contributed by atoms with van der Waals surface area (Å²) in [5.41, 5.74) is 0.901. The van der Waals surface area contributed by atoms with E-state index in [-0.39, 0.29) is 5.75 Å². The Hall–Kier alpha value is -1.67. The maximum atomic E-state index is 12.0. The molecule has 104 valence electrons. The fourth-order valence-corrected chi connectivity index (χ4v) is 1.71. The summed E-state index contributed by atoms with van der Waals surface area (Å²) in [5.74, 6) is 2.36. The Morgan fingerprint density at radius 3 is 2.37 bits per heavy atom. The van der Waals surface area contributed by atoms with Crippen molar-refractivity contribution in [3.05, 3.63) is 29.8 Å². The van der Waals surface area contributed by atoms with Crippen LogP contribution in [0.4, 0.5) is 13.2 Å². The van der Waals surface area contributed by atoms with Gasteiger partial charge in [-0.1, -0.05) is 25.0 Å². The van der Waals surface area contributed by atoms with Crippen molar-refractivity contribution in [2.45, 2.75) is 26.3 Å². The van der Waals surface area contributed by atoms with Crippen LogP contribution >= 0.6 is 0 Å². The number of alkyl halides is 3. The molecule has 0 aliphatic heterocycles. The molecular formula is C14H16F3NO.